The van der Waals surface area contributed by atoms with E-state index in [0.717, 1.165) is 24.8 Å². The maximum Gasteiger partial charge on any atom is 0.305 e. The topological polar surface area (TPSA) is 61.5 Å². The zero-order valence-electron chi connectivity index (χ0n) is 12.7. The van der Waals surface area contributed by atoms with E-state index in [1.54, 1.807) is 13.0 Å². The normalized spacial score (nSPS) is 12.0. The van der Waals surface area contributed by atoms with Crippen LogP contribution in [0.3, 0.4) is 0 Å². The van der Waals surface area contributed by atoms with Gasteiger partial charge in [0.2, 0.25) is 0 Å². The molecule has 0 amide bonds. The zero-order valence-corrected chi connectivity index (χ0v) is 12.7. The van der Waals surface area contributed by atoms with Crippen LogP contribution in [0.2, 0.25) is 0 Å². The molecule has 1 aromatic carbocycles. The number of carbonyl (C=O) groups is 1. The Hall–Kier alpha value is -1.62. The van der Waals surface area contributed by atoms with Crippen LogP contribution in [-0.4, -0.2) is 19.2 Å². The molecule has 0 heterocycles. The Morgan fingerprint density at radius 2 is 2.10 bits per heavy atom. The second kappa shape index (κ2) is 9.34. The fourth-order valence-corrected chi connectivity index (χ4v) is 1.97. The molecule has 0 aliphatic rings. The summed E-state index contributed by atoms with van der Waals surface area (Å²) in [5.74, 6) is -0.00473. The van der Waals surface area contributed by atoms with Crippen LogP contribution in [0.5, 0.6) is 5.75 Å². The maximum atomic E-state index is 13.2. The third-order valence-electron chi connectivity index (χ3n) is 3.05. The highest BCUT2D eigenvalue weighted by molar-refractivity contribution is 5.69. The lowest BCUT2D eigenvalue weighted by Gasteiger charge is -2.14. The third kappa shape index (κ3) is 6.58. The first-order chi connectivity index (χ1) is 10.0. The lowest BCUT2D eigenvalue weighted by Crippen LogP contribution is -2.09. The molecule has 1 aromatic rings. The minimum absolute atomic E-state index is 0.164. The maximum absolute atomic E-state index is 13.2. The minimum atomic E-state index is -0.336. The second-order valence-corrected chi connectivity index (χ2v) is 4.93. The fraction of sp³-hybridized carbons (Fsp3) is 0.562. The Labute approximate surface area is 125 Å². The predicted molar refractivity (Wildman–Crippen MR) is 79.6 cm³/mol. The SMILES string of the molecule is CCOC(=O)CCCCCOc1cc(F)ccc1[C@@H](C)N. The average Bonchev–Trinajstić information content (AvgIpc) is 2.42. The van der Waals surface area contributed by atoms with Crippen molar-refractivity contribution in [3.63, 3.8) is 0 Å². The van der Waals surface area contributed by atoms with Crippen molar-refractivity contribution in [3.8, 4) is 5.75 Å². The summed E-state index contributed by atoms with van der Waals surface area (Å²) in [6.45, 7) is 4.52. The number of ether oxygens (including phenoxy) is 2. The molecule has 5 heteroatoms. The number of hydrogen-bond acceptors (Lipinski definition) is 4. The van der Waals surface area contributed by atoms with Crippen LogP contribution in [0, 0.1) is 5.82 Å². The molecule has 1 atom stereocenters. The first-order valence-corrected chi connectivity index (χ1v) is 7.38. The molecule has 21 heavy (non-hydrogen) atoms. The highest BCUT2D eigenvalue weighted by Gasteiger charge is 2.09. The van der Waals surface area contributed by atoms with Crippen molar-refractivity contribution in [3.05, 3.63) is 29.6 Å². The van der Waals surface area contributed by atoms with Gasteiger partial charge in [-0.05, 0) is 39.2 Å². The van der Waals surface area contributed by atoms with E-state index in [9.17, 15) is 9.18 Å². The molecule has 0 bridgehead atoms. The van der Waals surface area contributed by atoms with Crippen LogP contribution in [-0.2, 0) is 9.53 Å². The zero-order chi connectivity index (χ0) is 15.7. The molecule has 0 saturated carbocycles. The standard InChI is InChI=1S/C16H24FNO3/c1-3-20-16(19)7-5-4-6-10-21-15-11-13(17)8-9-14(15)12(2)18/h8-9,11-12H,3-7,10,18H2,1-2H3/t12-/m1/s1. The van der Waals surface area contributed by atoms with Crippen LogP contribution >= 0.6 is 0 Å². The second-order valence-electron chi connectivity index (χ2n) is 4.93. The molecule has 1 rings (SSSR count). The first kappa shape index (κ1) is 17.4. The number of carbonyl (C=O) groups excluding carboxylic acids is 1. The molecule has 4 nitrogen and oxygen atoms in total. The van der Waals surface area contributed by atoms with Gasteiger partial charge in [0.25, 0.3) is 0 Å². The average molecular weight is 297 g/mol. The molecule has 0 spiro atoms. The molecule has 0 aliphatic heterocycles. The Kier molecular flexibility index (Phi) is 7.75. The van der Waals surface area contributed by atoms with Gasteiger partial charge in [0, 0.05) is 24.1 Å². The van der Waals surface area contributed by atoms with Crippen molar-refractivity contribution in [2.75, 3.05) is 13.2 Å². The van der Waals surface area contributed by atoms with Gasteiger partial charge in [0.1, 0.15) is 11.6 Å². The quantitative estimate of drug-likeness (QED) is 0.561. The summed E-state index contributed by atoms with van der Waals surface area (Å²) in [6.07, 6.45) is 2.86. The molecule has 0 fully saturated rings. The summed E-state index contributed by atoms with van der Waals surface area (Å²) in [4.78, 5) is 11.1. The number of nitrogens with two attached hydrogens (primary N) is 1. The number of halogens is 1. The smallest absolute Gasteiger partial charge is 0.305 e. The van der Waals surface area contributed by atoms with E-state index >= 15 is 0 Å². The van der Waals surface area contributed by atoms with Crippen LogP contribution in [0.25, 0.3) is 0 Å². The van der Waals surface area contributed by atoms with E-state index in [-0.39, 0.29) is 17.8 Å². The number of hydrogen-bond donors (Lipinski definition) is 1. The van der Waals surface area contributed by atoms with Crippen molar-refractivity contribution in [1.29, 1.82) is 0 Å². The summed E-state index contributed by atoms with van der Waals surface area (Å²) >= 11 is 0. The Morgan fingerprint density at radius 3 is 2.76 bits per heavy atom. The molecular weight excluding hydrogens is 273 g/mol. The van der Waals surface area contributed by atoms with E-state index in [4.69, 9.17) is 15.2 Å². The molecule has 0 aliphatic carbocycles. The molecule has 0 radical (unpaired) electrons. The summed E-state index contributed by atoms with van der Waals surface area (Å²) in [5, 5.41) is 0. The molecular formula is C16H24FNO3. The van der Waals surface area contributed by atoms with E-state index in [0.29, 0.717) is 25.4 Å². The summed E-state index contributed by atoms with van der Waals surface area (Å²) in [5.41, 5.74) is 6.62. The number of unbranched alkanes of at least 4 members (excludes halogenated alkanes) is 2. The molecule has 0 saturated heterocycles. The van der Waals surface area contributed by atoms with E-state index in [1.807, 2.05) is 6.92 Å². The highest BCUT2D eigenvalue weighted by Crippen LogP contribution is 2.25. The van der Waals surface area contributed by atoms with Crippen LogP contribution < -0.4 is 10.5 Å². The number of esters is 1. The van der Waals surface area contributed by atoms with Crippen molar-refractivity contribution >= 4 is 5.97 Å². The van der Waals surface area contributed by atoms with E-state index in [2.05, 4.69) is 0 Å². The molecule has 0 unspecified atom stereocenters. The third-order valence-corrected chi connectivity index (χ3v) is 3.05. The van der Waals surface area contributed by atoms with Crippen LogP contribution in [0.4, 0.5) is 4.39 Å². The van der Waals surface area contributed by atoms with Gasteiger partial charge in [0.05, 0.1) is 13.2 Å². The van der Waals surface area contributed by atoms with Crippen molar-refractivity contribution < 1.29 is 18.7 Å². The van der Waals surface area contributed by atoms with Crippen LogP contribution in [0.15, 0.2) is 18.2 Å². The monoisotopic (exact) mass is 297 g/mol. The summed E-state index contributed by atoms with van der Waals surface area (Å²) in [6, 6.07) is 4.18. The molecule has 2 N–H and O–H groups in total. The highest BCUT2D eigenvalue weighted by atomic mass is 19.1. The van der Waals surface area contributed by atoms with Crippen LogP contribution in [0.1, 0.15) is 51.1 Å². The van der Waals surface area contributed by atoms with E-state index < -0.39 is 0 Å². The van der Waals surface area contributed by atoms with Crippen molar-refractivity contribution in [2.24, 2.45) is 5.73 Å². The van der Waals surface area contributed by atoms with Gasteiger partial charge >= 0.3 is 5.97 Å². The molecule has 0 aromatic heterocycles. The largest absolute Gasteiger partial charge is 0.493 e. The number of rotatable bonds is 9. The van der Waals surface area contributed by atoms with E-state index in [1.165, 1.54) is 12.1 Å². The van der Waals surface area contributed by atoms with Gasteiger partial charge < -0.3 is 15.2 Å². The van der Waals surface area contributed by atoms with Gasteiger partial charge in [-0.3, -0.25) is 4.79 Å². The van der Waals surface area contributed by atoms with Crippen molar-refractivity contribution in [1.82, 2.24) is 0 Å². The number of benzene rings is 1. The van der Waals surface area contributed by atoms with Crippen molar-refractivity contribution in [2.45, 2.75) is 45.6 Å². The van der Waals surface area contributed by atoms with Gasteiger partial charge in [0.15, 0.2) is 0 Å². The lowest BCUT2D eigenvalue weighted by molar-refractivity contribution is -0.143. The molecule has 118 valence electrons. The predicted octanol–water partition coefficient (Wildman–Crippen LogP) is 3.35. The van der Waals surface area contributed by atoms with Gasteiger partial charge in [-0.25, -0.2) is 4.39 Å². The Bertz CT molecular complexity index is 449. The Balaban J connectivity index is 2.29. The fourth-order valence-electron chi connectivity index (χ4n) is 1.97. The van der Waals surface area contributed by atoms with Gasteiger partial charge in [-0.15, -0.1) is 0 Å². The van der Waals surface area contributed by atoms with Gasteiger partial charge in [-0.1, -0.05) is 6.07 Å². The Morgan fingerprint density at radius 1 is 1.33 bits per heavy atom. The first-order valence-electron chi connectivity index (χ1n) is 7.38. The van der Waals surface area contributed by atoms with Gasteiger partial charge in [-0.2, -0.15) is 0 Å². The minimum Gasteiger partial charge on any atom is -0.493 e. The lowest BCUT2D eigenvalue weighted by atomic mass is 10.1. The summed E-state index contributed by atoms with van der Waals surface area (Å²) in [7, 11) is 0. The summed E-state index contributed by atoms with van der Waals surface area (Å²) < 4.78 is 23.7.